The number of carboxylic acid groups (broad SMARTS) is 1. The highest BCUT2D eigenvalue weighted by atomic mass is 35.5. The number of carbonyl (C=O) groups is 2. The molecule has 8 heteroatoms. The van der Waals surface area contributed by atoms with Crippen molar-refractivity contribution >= 4 is 39.9 Å². The molecular weight excluding hydrogens is 412 g/mol. The Hall–Kier alpha value is -2.90. The summed E-state index contributed by atoms with van der Waals surface area (Å²) in [6.07, 6.45) is 0.0817. The van der Waals surface area contributed by atoms with Crippen molar-refractivity contribution in [3.05, 3.63) is 64.5 Å². The molecule has 0 aliphatic carbocycles. The molecule has 0 radical (unpaired) electrons. The van der Waals surface area contributed by atoms with Gasteiger partial charge >= 0.3 is 5.97 Å². The van der Waals surface area contributed by atoms with Crippen LogP contribution in [0.15, 0.2) is 53.9 Å². The number of carboxylic acids is 1. The number of aromatic nitrogens is 1. The van der Waals surface area contributed by atoms with E-state index in [4.69, 9.17) is 16.3 Å². The Kier molecular flexibility index (Phi) is 6.85. The van der Waals surface area contributed by atoms with Crippen molar-refractivity contribution < 1.29 is 19.4 Å². The monoisotopic (exact) mass is 430 g/mol. The second-order valence-electron chi connectivity index (χ2n) is 6.36. The predicted molar refractivity (Wildman–Crippen MR) is 114 cm³/mol. The lowest BCUT2D eigenvalue weighted by atomic mass is 9.95. The van der Waals surface area contributed by atoms with E-state index in [1.807, 2.05) is 36.4 Å². The third kappa shape index (κ3) is 5.56. The lowest BCUT2D eigenvalue weighted by Crippen LogP contribution is -2.27. The summed E-state index contributed by atoms with van der Waals surface area (Å²) in [6, 6.07) is 14.7. The maximum absolute atomic E-state index is 12.7. The van der Waals surface area contributed by atoms with Crippen LogP contribution in [0.2, 0.25) is 5.02 Å². The minimum atomic E-state index is -1.02. The van der Waals surface area contributed by atoms with E-state index in [9.17, 15) is 14.7 Å². The van der Waals surface area contributed by atoms with Gasteiger partial charge in [0.05, 0.1) is 30.2 Å². The Morgan fingerprint density at radius 1 is 1.24 bits per heavy atom. The van der Waals surface area contributed by atoms with Gasteiger partial charge in [0.25, 0.3) is 0 Å². The van der Waals surface area contributed by atoms with Crippen LogP contribution in [0, 0.1) is 5.92 Å². The van der Waals surface area contributed by atoms with Gasteiger partial charge < -0.3 is 15.2 Å². The highest BCUT2D eigenvalue weighted by Gasteiger charge is 2.23. The summed E-state index contributed by atoms with van der Waals surface area (Å²) in [5.41, 5.74) is 2.35. The second-order valence-corrected chi connectivity index (χ2v) is 7.63. The number of thiazole rings is 1. The standard InChI is InChI=1S/C21H19ClN2O4S/c1-28-18-8-7-14(10-16(18)22)17-12-29-21(23-17)24-20(27)15(11-19(25)26)9-13-5-3-2-4-6-13/h2-8,10,12,15H,9,11H2,1H3,(H,25,26)(H,23,24,27)/t15-/m1/s1. The van der Waals surface area contributed by atoms with Crippen LogP contribution < -0.4 is 10.1 Å². The fourth-order valence-corrected chi connectivity index (χ4v) is 3.84. The molecule has 1 amide bonds. The maximum atomic E-state index is 12.7. The van der Waals surface area contributed by atoms with Gasteiger partial charge in [0.15, 0.2) is 5.13 Å². The largest absolute Gasteiger partial charge is 0.495 e. The highest BCUT2D eigenvalue weighted by Crippen LogP contribution is 2.32. The zero-order valence-electron chi connectivity index (χ0n) is 15.6. The van der Waals surface area contributed by atoms with Crippen molar-refractivity contribution in [3.63, 3.8) is 0 Å². The fourth-order valence-electron chi connectivity index (χ4n) is 2.86. The summed E-state index contributed by atoms with van der Waals surface area (Å²) < 4.78 is 5.15. The molecule has 0 saturated heterocycles. The average Bonchev–Trinajstić information content (AvgIpc) is 3.16. The second kappa shape index (κ2) is 9.54. The van der Waals surface area contributed by atoms with Crippen molar-refractivity contribution in [1.29, 1.82) is 0 Å². The molecule has 1 heterocycles. The van der Waals surface area contributed by atoms with Gasteiger partial charge in [-0.3, -0.25) is 9.59 Å². The van der Waals surface area contributed by atoms with Crippen LogP contribution in [0.1, 0.15) is 12.0 Å². The molecule has 0 bridgehead atoms. The predicted octanol–water partition coefficient (Wildman–Crippen LogP) is 4.74. The number of benzene rings is 2. The normalized spacial score (nSPS) is 11.7. The number of amides is 1. The van der Waals surface area contributed by atoms with E-state index >= 15 is 0 Å². The summed E-state index contributed by atoms with van der Waals surface area (Å²) in [6.45, 7) is 0. The number of hydrogen-bond acceptors (Lipinski definition) is 5. The molecule has 2 N–H and O–H groups in total. The number of hydrogen-bond donors (Lipinski definition) is 2. The van der Waals surface area contributed by atoms with Crippen molar-refractivity contribution in [2.75, 3.05) is 12.4 Å². The lowest BCUT2D eigenvalue weighted by Gasteiger charge is -2.14. The van der Waals surface area contributed by atoms with Gasteiger partial charge in [0.1, 0.15) is 5.75 Å². The molecule has 3 aromatic rings. The number of nitrogens with zero attached hydrogens (tertiary/aromatic N) is 1. The number of ether oxygens (including phenoxy) is 1. The Bertz CT molecular complexity index is 1010. The number of anilines is 1. The zero-order chi connectivity index (χ0) is 20.8. The van der Waals surface area contributed by atoms with E-state index in [2.05, 4.69) is 10.3 Å². The first-order valence-electron chi connectivity index (χ1n) is 8.82. The van der Waals surface area contributed by atoms with Crippen molar-refractivity contribution in [1.82, 2.24) is 4.98 Å². The van der Waals surface area contributed by atoms with Gasteiger partial charge in [-0.25, -0.2) is 4.98 Å². The van der Waals surface area contributed by atoms with E-state index in [0.29, 0.717) is 28.0 Å². The van der Waals surface area contributed by atoms with Crippen molar-refractivity contribution in [2.24, 2.45) is 5.92 Å². The Labute approximate surface area is 177 Å². The first kappa shape index (κ1) is 20.8. The minimum absolute atomic E-state index is 0.257. The summed E-state index contributed by atoms with van der Waals surface area (Å²) in [7, 11) is 1.54. The van der Waals surface area contributed by atoms with Crippen LogP contribution in [0.5, 0.6) is 5.75 Å². The lowest BCUT2D eigenvalue weighted by molar-refractivity contribution is -0.140. The molecule has 1 atom stereocenters. The Morgan fingerprint density at radius 3 is 2.66 bits per heavy atom. The van der Waals surface area contributed by atoms with Gasteiger partial charge in [-0.1, -0.05) is 41.9 Å². The summed E-state index contributed by atoms with van der Waals surface area (Å²) in [5.74, 6) is -1.52. The summed E-state index contributed by atoms with van der Waals surface area (Å²) in [5, 5.41) is 14.6. The van der Waals surface area contributed by atoms with Crippen LogP contribution in [-0.4, -0.2) is 29.1 Å². The molecular formula is C21H19ClN2O4S. The van der Waals surface area contributed by atoms with Gasteiger partial charge in [-0.15, -0.1) is 11.3 Å². The third-order valence-electron chi connectivity index (χ3n) is 4.30. The SMILES string of the molecule is COc1ccc(-c2csc(NC(=O)[C@@H](CC(=O)O)Cc3ccccc3)n2)cc1Cl. The molecule has 6 nitrogen and oxygen atoms in total. The topological polar surface area (TPSA) is 88.5 Å². The number of nitrogens with one attached hydrogen (secondary N) is 1. The molecule has 0 saturated carbocycles. The van der Waals surface area contributed by atoms with Crippen LogP contribution in [0.25, 0.3) is 11.3 Å². The van der Waals surface area contributed by atoms with Crippen LogP contribution in [-0.2, 0) is 16.0 Å². The zero-order valence-corrected chi connectivity index (χ0v) is 17.2. The molecule has 2 aromatic carbocycles. The third-order valence-corrected chi connectivity index (χ3v) is 5.35. The van der Waals surface area contributed by atoms with E-state index in [0.717, 1.165) is 11.1 Å². The van der Waals surface area contributed by atoms with Gasteiger partial charge in [-0.05, 0) is 30.2 Å². The first-order chi connectivity index (χ1) is 14.0. The summed E-state index contributed by atoms with van der Waals surface area (Å²) in [4.78, 5) is 28.3. The number of carbonyl (C=O) groups excluding carboxylic acids is 1. The molecule has 1 aromatic heterocycles. The van der Waals surface area contributed by atoms with E-state index in [1.54, 1.807) is 24.6 Å². The molecule has 0 aliphatic rings. The first-order valence-corrected chi connectivity index (χ1v) is 10.1. The van der Waals surface area contributed by atoms with Crippen LogP contribution >= 0.6 is 22.9 Å². The summed E-state index contributed by atoms with van der Waals surface area (Å²) >= 11 is 7.43. The number of aliphatic carboxylic acids is 1. The smallest absolute Gasteiger partial charge is 0.304 e. The number of halogens is 1. The van der Waals surface area contributed by atoms with Crippen LogP contribution in [0.3, 0.4) is 0 Å². The van der Waals surface area contributed by atoms with Gasteiger partial charge in [-0.2, -0.15) is 0 Å². The number of rotatable bonds is 8. The Balaban J connectivity index is 1.73. The average molecular weight is 431 g/mol. The van der Waals surface area contributed by atoms with E-state index in [-0.39, 0.29) is 12.3 Å². The van der Waals surface area contributed by atoms with E-state index in [1.165, 1.54) is 11.3 Å². The maximum Gasteiger partial charge on any atom is 0.304 e. The highest BCUT2D eigenvalue weighted by molar-refractivity contribution is 7.14. The molecule has 0 unspecified atom stereocenters. The molecule has 0 fully saturated rings. The fraction of sp³-hybridized carbons (Fsp3) is 0.190. The van der Waals surface area contributed by atoms with E-state index < -0.39 is 11.9 Å². The molecule has 29 heavy (non-hydrogen) atoms. The van der Waals surface area contributed by atoms with Crippen molar-refractivity contribution in [2.45, 2.75) is 12.8 Å². The molecule has 150 valence electrons. The molecule has 0 aliphatic heterocycles. The quantitative estimate of drug-likeness (QED) is 0.538. The number of methoxy groups -OCH3 is 1. The minimum Gasteiger partial charge on any atom is -0.495 e. The van der Waals surface area contributed by atoms with Crippen LogP contribution in [0.4, 0.5) is 5.13 Å². The van der Waals surface area contributed by atoms with Crippen molar-refractivity contribution in [3.8, 4) is 17.0 Å². The molecule has 3 rings (SSSR count). The van der Waals surface area contributed by atoms with Gasteiger partial charge in [0.2, 0.25) is 5.91 Å². The molecule has 0 spiro atoms. The Morgan fingerprint density at radius 2 is 2.00 bits per heavy atom. The van der Waals surface area contributed by atoms with Gasteiger partial charge in [0, 0.05) is 10.9 Å².